The van der Waals surface area contributed by atoms with E-state index in [2.05, 4.69) is 5.10 Å². The van der Waals surface area contributed by atoms with Crippen LogP contribution in [0.4, 0.5) is 0 Å². The quantitative estimate of drug-likeness (QED) is 0.877. The Bertz CT molecular complexity index is 414. The molecule has 1 aliphatic heterocycles. The van der Waals surface area contributed by atoms with Crippen molar-refractivity contribution in [1.29, 1.82) is 0 Å². The zero-order valence-corrected chi connectivity index (χ0v) is 11.0. The highest BCUT2D eigenvalue weighted by Crippen LogP contribution is 2.22. The molecule has 2 unspecified atom stereocenters. The van der Waals surface area contributed by atoms with Crippen LogP contribution in [0.25, 0.3) is 0 Å². The summed E-state index contributed by atoms with van der Waals surface area (Å²) in [5.41, 5.74) is 0.634. The highest BCUT2D eigenvalue weighted by atomic mass is 16.3. The number of carbonyl (C=O) groups is 1. The Labute approximate surface area is 107 Å². The normalized spacial score (nSPS) is 21.9. The maximum absolute atomic E-state index is 12.4. The molecule has 0 aliphatic carbocycles. The Morgan fingerprint density at radius 3 is 3.00 bits per heavy atom. The number of aliphatic hydroxyl groups excluding tert-OH is 1. The number of nitrogens with zero attached hydrogens (tertiary/aromatic N) is 3. The van der Waals surface area contributed by atoms with Gasteiger partial charge in [-0.15, -0.1) is 0 Å². The van der Waals surface area contributed by atoms with Crippen LogP contribution < -0.4 is 0 Å². The van der Waals surface area contributed by atoms with Gasteiger partial charge < -0.3 is 10.0 Å². The number of amides is 1. The largest absolute Gasteiger partial charge is 0.393 e. The molecule has 0 saturated carbocycles. The van der Waals surface area contributed by atoms with Crippen LogP contribution in [-0.2, 0) is 7.05 Å². The van der Waals surface area contributed by atoms with Crippen molar-refractivity contribution in [2.45, 2.75) is 44.8 Å². The molecule has 1 aromatic heterocycles. The van der Waals surface area contributed by atoms with E-state index in [4.69, 9.17) is 0 Å². The molecule has 1 saturated heterocycles. The monoisotopic (exact) mass is 251 g/mol. The number of rotatable bonds is 3. The van der Waals surface area contributed by atoms with Crippen molar-refractivity contribution in [2.75, 3.05) is 6.54 Å². The molecule has 0 bridgehead atoms. The molecule has 0 spiro atoms. The van der Waals surface area contributed by atoms with Crippen LogP contribution in [-0.4, -0.2) is 44.4 Å². The number of aryl methyl sites for hydroxylation is 1. The first-order chi connectivity index (χ1) is 8.58. The second-order valence-corrected chi connectivity index (χ2v) is 5.14. The third-order valence-corrected chi connectivity index (χ3v) is 3.45. The summed E-state index contributed by atoms with van der Waals surface area (Å²) in [4.78, 5) is 14.3. The predicted octanol–water partition coefficient (Wildman–Crippen LogP) is 1.19. The zero-order valence-electron chi connectivity index (χ0n) is 11.0. The molecular weight excluding hydrogens is 230 g/mol. The SMILES string of the molecule is CC(O)CC1CCCCN1C(=O)c1cnn(C)c1. The summed E-state index contributed by atoms with van der Waals surface area (Å²) in [6, 6.07) is 0.159. The van der Waals surface area contributed by atoms with Crippen LogP contribution in [0.2, 0.25) is 0 Å². The van der Waals surface area contributed by atoms with Gasteiger partial charge in [0.1, 0.15) is 0 Å². The third-order valence-electron chi connectivity index (χ3n) is 3.45. The van der Waals surface area contributed by atoms with Gasteiger partial charge in [0.05, 0.1) is 17.9 Å². The molecule has 2 heterocycles. The van der Waals surface area contributed by atoms with E-state index in [0.29, 0.717) is 12.0 Å². The molecule has 1 aromatic rings. The first-order valence-corrected chi connectivity index (χ1v) is 6.55. The average molecular weight is 251 g/mol. The summed E-state index contributed by atoms with van der Waals surface area (Å²) in [6.07, 6.45) is 6.81. The van der Waals surface area contributed by atoms with Gasteiger partial charge in [0.25, 0.3) is 5.91 Å². The molecule has 0 aromatic carbocycles. The first-order valence-electron chi connectivity index (χ1n) is 6.55. The lowest BCUT2D eigenvalue weighted by Gasteiger charge is -2.36. The first kappa shape index (κ1) is 13.1. The van der Waals surface area contributed by atoms with E-state index in [-0.39, 0.29) is 18.1 Å². The van der Waals surface area contributed by atoms with Gasteiger partial charge in [0.15, 0.2) is 0 Å². The van der Waals surface area contributed by atoms with Gasteiger partial charge in [-0.05, 0) is 32.6 Å². The maximum atomic E-state index is 12.4. The Hall–Kier alpha value is -1.36. The van der Waals surface area contributed by atoms with E-state index < -0.39 is 0 Å². The Balaban J connectivity index is 2.10. The standard InChI is InChI=1S/C13H21N3O2/c1-10(17)7-12-5-3-4-6-16(12)13(18)11-8-14-15(2)9-11/h8-10,12,17H,3-7H2,1-2H3. The molecule has 100 valence electrons. The lowest BCUT2D eigenvalue weighted by Crippen LogP contribution is -2.44. The van der Waals surface area contributed by atoms with E-state index in [1.807, 2.05) is 4.90 Å². The smallest absolute Gasteiger partial charge is 0.257 e. The lowest BCUT2D eigenvalue weighted by atomic mass is 9.96. The van der Waals surface area contributed by atoms with Gasteiger partial charge in [0, 0.05) is 25.8 Å². The summed E-state index contributed by atoms with van der Waals surface area (Å²) >= 11 is 0. The maximum Gasteiger partial charge on any atom is 0.257 e. The lowest BCUT2D eigenvalue weighted by molar-refractivity contribution is 0.0515. The highest BCUT2D eigenvalue weighted by molar-refractivity contribution is 5.94. The van der Waals surface area contributed by atoms with Crippen LogP contribution >= 0.6 is 0 Å². The minimum Gasteiger partial charge on any atom is -0.393 e. The predicted molar refractivity (Wildman–Crippen MR) is 68.2 cm³/mol. The van der Waals surface area contributed by atoms with Crippen LogP contribution in [0.3, 0.4) is 0 Å². The Kier molecular flexibility index (Phi) is 4.01. The summed E-state index contributed by atoms with van der Waals surface area (Å²) < 4.78 is 1.64. The number of carbonyl (C=O) groups excluding carboxylic acids is 1. The number of hydrogen-bond donors (Lipinski definition) is 1. The summed E-state index contributed by atoms with van der Waals surface area (Å²) in [5, 5.41) is 13.6. The van der Waals surface area contributed by atoms with Crippen LogP contribution in [0.1, 0.15) is 43.0 Å². The average Bonchev–Trinajstić information content (AvgIpc) is 2.75. The molecule has 1 fully saturated rings. The molecule has 18 heavy (non-hydrogen) atoms. The van der Waals surface area contributed by atoms with Gasteiger partial charge in [0.2, 0.25) is 0 Å². The second-order valence-electron chi connectivity index (χ2n) is 5.14. The summed E-state index contributed by atoms with van der Waals surface area (Å²) in [5.74, 6) is 0.0356. The van der Waals surface area contributed by atoms with E-state index in [9.17, 15) is 9.90 Å². The minimum absolute atomic E-state index is 0.0356. The summed E-state index contributed by atoms with van der Waals surface area (Å²) in [6.45, 7) is 2.56. The summed E-state index contributed by atoms with van der Waals surface area (Å²) in [7, 11) is 1.81. The number of aliphatic hydroxyl groups is 1. The molecule has 1 N–H and O–H groups in total. The van der Waals surface area contributed by atoms with Gasteiger partial charge in [-0.1, -0.05) is 0 Å². The molecule has 5 heteroatoms. The fourth-order valence-corrected chi connectivity index (χ4v) is 2.60. The van der Waals surface area contributed by atoms with E-state index in [1.54, 1.807) is 31.0 Å². The topological polar surface area (TPSA) is 58.4 Å². The van der Waals surface area contributed by atoms with Crippen LogP contribution in [0.5, 0.6) is 0 Å². The number of likely N-dealkylation sites (tertiary alicyclic amines) is 1. The number of piperidine rings is 1. The number of aromatic nitrogens is 2. The molecule has 2 rings (SSSR count). The van der Waals surface area contributed by atoms with Crippen LogP contribution in [0.15, 0.2) is 12.4 Å². The molecule has 1 amide bonds. The van der Waals surface area contributed by atoms with Crippen molar-refractivity contribution >= 4 is 5.91 Å². The second kappa shape index (κ2) is 5.52. The van der Waals surface area contributed by atoms with Crippen molar-refractivity contribution in [2.24, 2.45) is 7.05 Å². The van der Waals surface area contributed by atoms with Crippen molar-refractivity contribution < 1.29 is 9.90 Å². The molecular formula is C13H21N3O2. The van der Waals surface area contributed by atoms with Gasteiger partial charge in [-0.25, -0.2) is 0 Å². The molecule has 5 nitrogen and oxygen atoms in total. The van der Waals surface area contributed by atoms with E-state index in [1.165, 1.54) is 0 Å². The molecule has 0 radical (unpaired) electrons. The third kappa shape index (κ3) is 2.90. The van der Waals surface area contributed by atoms with Crippen molar-refractivity contribution in [3.8, 4) is 0 Å². The molecule has 2 atom stereocenters. The fourth-order valence-electron chi connectivity index (χ4n) is 2.60. The van der Waals surface area contributed by atoms with E-state index in [0.717, 1.165) is 25.8 Å². The van der Waals surface area contributed by atoms with Crippen molar-refractivity contribution in [3.05, 3.63) is 18.0 Å². The highest BCUT2D eigenvalue weighted by Gasteiger charge is 2.28. The molecule has 1 aliphatic rings. The zero-order chi connectivity index (χ0) is 13.1. The van der Waals surface area contributed by atoms with Crippen LogP contribution in [0, 0.1) is 0 Å². The number of hydrogen-bond acceptors (Lipinski definition) is 3. The van der Waals surface area contributed by atoms with Gasteiger partial charge in [-0.2, -0.15) is 5.10 Å². The minimum atomic E-state index is -0.364. The van der Waals surface area contributed by atoms with Crippen molar-refractivity contribution in [1.82, 2.24) is 14.7 Å². The van der Waals surface area contributed by atoms with Crippen molar-refractivity contribution in [3.63, 3.8) is 0 Å². The van der Waals surface area contributed by atoms with E-state index >= 15 is 0 Å². The Morgan fingerprint density at radius 2 is 2.39 bits per heavy atom. The van der Waals surface area contributed by atoms with Gasteiger partial charge in [-0.3, -0.25) is 9.48 Å². The fraction of sp³-hybridized carbons (Fsp3) is 0.692. The van der Waals surface area contributed by atoms with Gasteiger partial charge >= 0.3 is 0 Å². The Morgan fingerprint density at radius 1 is 1.61 bits per heavy atom.